The number of hydrogen-bond acceptors (Lipinski definition) is 2. The third kappa shape index (κ3) is 3.74. The van der Waals surface area contributed by atoms with Gasteiger partial charge in [0.25, 0.3) is 0 Å². The lowest BCUT2D eigenvalue weighted by atomic mass is 9.87. The Morgan fingerprint density at radius 1 is 1.09 bits per heavy atom. The predicted octanol–water partition coefficient (Wildman–Crippen LogP) is 2.88. The molecule has 4 nitrogen and oxygen atoms in total. The normalized spacial score (nSPS) is 22.2. The lowest BCUT2D eigenvalue weighted by Gasteiger charge is -2.28. The first-order chi connectivity index (χ1) is 11.1. The van der Waals surface area contributed by atoms with Crippen molar-refractivity contribution in [1.82, 2.24) is 10.6 Å². The molecule has 0 bridgehead atoms. The van der Waals surface area contributed by atoms with Crippen molar-refractivity contribution >= 4 is 11.8 Å². The van der Waals surface area contributed by atoms with Gasteiger partial charge in [0.1, 0.15) is 6.04 Å². The number of hydrogen-bond donors (Lipinski definition) is 2. The summed E-state index contributed by atoms with van der Waals surface area (Å²) in [5, 5.41) is 6.00. The summed E-state index contributed by atoms with van der Waals surface area (Å²) in [4.78, 5) is 24.6. The van der Waals surface area contributed by atoms with Gasteiger partial charge in [0.05, 0.1) is 6.04 Å². The predicted molar refractivity (Wildman–Crippen MR) is 89.8 cm³/mol. The van der Waals surface area contributed by atoms with Gasteiger partial charge in [0.15, 0.2) is 0 Å². The first-order valence-corrected chi connectivity index (χ1v) is 8.83. The summed E-state index contributed by atoms with van der Waals surface area (Å²) in [5.41, 5.74) is 2.55. The number of carbonyl (C=O) groups excluding carboxylic acids is 2. The maximum absolute atomic E-state index is 12.4. The van der Waals surface area contributed by atoms with Crippen LogP contribution in [0.15, 0.2) is 24.3 Å². The van der Waals surface area contributed by atoms with Crippen LogP contribution in [0.2, 0.25) is 0 Å². The molecular weight excluding hydrogens is 288 g/mol. The molecule has 3 rings (SSSR count). The Balaban J connectivity index is 1.57. The van der Waals surface area contributed by atoms with E-state index in [1.165, 1.54) is 11.1 Å². The Bertz CT molecular complexity index is 578. The van der Waals surface area contributed by atoms with E-state index < -0.39 is 6.04 Å². The zero-order valence-electron chi connectivity index (χ0n) is 13.8. The van der Waals surface area contributed by atoms with Crippen LogP contribution in [0.5, 0.6) is 0 Å². The van der Waals surface area contributed by atoms with E-state index in [0.29, 0.717) is 0 Å². The lowest BCUT2D eigenvalue weighted by molar-refractivity contribution is -0.131. The highest BCUT2D eigenvalue weighted by atomic mass is 16.2. The summed E-state index contributed by atoms with van der Waals surface area (Å²) in [6, 6.07) is 7.90. The zero-order chi connectivity index (χ0) is 16.2. The maximum atomic E-state index is 12.4. The molecule has 2 aliphatic rings. The fourth-order valence-electron chi connectivity index (χ4n) is 3.79. The molecule has 1 fully saturated rings. The molecule has 2 atom stereocenters. The van der Waals surface area contributed by atoms with Crippen LogP contribution in [0.1, 0.15) is 62.6 Å². The minimum Gasteiger partial charge on any atom is -0.348 e. The minimum atomic E-state index is -0.475. The molecule has 0 heterocycles. The third-order valence-corrected chi connectivity index (χ3v) is 5.16. The highest BCUT2D eigenvalue weighted by Gasteiger charge is 2.27. The van der Waals surface area contributed by atoms with Crippen LogP contribution in [0.4, 0.5) is 0 Å². The van der Waals surface area contributed by atoms with E-state index in [2.05, 4.69) is 22.8 Å². The average Bonchev–Trinajstić information content (AvgIpc) is 3.09. The zero-order valence-corrected chi connectivity index (χ0v) is 13.8. The van der Waals surface area contributed by atoms with Crippen LogP contribution < -0.4 is 10.6 Å². The summed E-state index contributed by atoms with van der Waals surface area (Å²) >= 11 is 0. The van der Waals surface area contributed by atoms with Crippen LogP contribution in [0.3, 0.4) is 0 Å². The van der Waals surface area contributed by atoms with Gasteiger partial charge in [-0.3, -0.25) is 9.59 Å². The number of amides is 2. The molecule has 0 saturated heterocycles. The largest absolute Gasteiger partial charge is 0.348 e. The molecule has 0 spiro atoms. The van der Waals surface area contributed by atoms with Gasteiger partial charge < -0.3 is 10.6 Å². The van der Waals surface area contributed by atoms with Crippen molar-refractivity contribution in [3.63, 3.8) is 0 Å². The van der Waals surface area contributed by atoms with Crippen LogP contribution in [-0.4, -0.2) is 17.9 Å². The molecule has 1 aromatic carbocycles. The number of fused-ring (bicyclic) bond motifs is 1. The number of aryl methyl sites for hydroxylation is 1. The molecule has 2 aliphatic carbocycles. The van der Waals surface area contributed by atoms with Gasteiger partial charge in [-0.1, -0.05) is 37.1 Å². The van der Waals surface area contributed by atoms with Crippen molar-refractivity contribution in [2.45, 2.75) is 64.0 Å². The number of rotatable bonds is 4. The van der Waals surface area contributed by atoms with Gasteiger partial charge in [-0.2, -0.15) is 0 Å². The molecule has 23 heavy (non-hydrogen) atoms. The Morgan fingerprint density at radius 2 is 1.83 bits per heavy atom. The molecule has 0 aliphatic heterocycles. The van der Waals surface area contributed by atoms with Crippen LogP contribution in [-0.2, 0) is 16.0 Å². The summed E-state index contributed by atoms with van der Waals surface area (Å²) in [6.07, 6.45) is 7.29. The van der Waals surface area contributed by atoms with Gasteiger partial charge in [0, 0.05) is 5.92 Å². The smallest absolute Gasteiger partial charge is 0.242 e. The highest BCUT2D eigenvalue weighted by Crippen LogP contribution is 2.29. The van der Waals surface area contributed by atoms with E-state index in [-0.39, 0.29) is 23.8 Å². The summed E-state index contributed by atoms with van der Waals surface area (Å²) in [7, 11) is 0. The van der Waals surface area contributed by atoms with Gasteiger partial charge in [-0.05, 0) is 50.2 Å². The average molecular weight is 314 g/mol. The number of carbonyl (C=O) groups is 2. The molecule has 0 unspecified atom stereocenters. The fraction of sp³-hybridized carbons (Fsp3) is 0.579. The van der Waals surface area contributed by atoms with E-state index >= 15 is 0 Å². The van der Waals surface area contributed by atoms with E-state index in [1.807, 2.05) is 12.1 Å². The van der Waals surface area contributed by atoms with Crippen molar-refractivity contribution in [3.05, 3.63) is 35.4 Å². The molecule has 124 valence electrons. The Hall–Kier alpha value is -1.84. The quantitative estimate of drug-likeness (QED) is 0.898. The van der Waals surface area contributed by atoms with Crippen molar-refractivity contribution in [2.24, 2.45) is 5.92 Å². The second kappa shape index (κ2) is 7.16. The highest BCUT2D eigenvalue weighted by molar-refractivity contribution is 5.88. The second-order valence-corrected chi connectivity index (χ2v) is 6.86. The van der Waals surface area contributed by atoms with Crippen molar-refractivity contribution in [1.29, 1.82) is 0 Å². The maximum Gasteiger partial charge on any atom is 0.242 e. The van der Waals surface area contributed by atoms with Crippen LogP contribution >= 0.6 is 0 Å². The van der Waals surface area contributed by atoms with E-state index in [4.69, 9.17) is 0 Å². The monoisotopic (exact) mass is 314 g/mol. The third-order valence-electron chi connectivity index (χ3n) is 5.16. The van der Waals surface area contributed by atoms with Gasteiger partial charge in [-0.25, -0.2) is 0 Å². The van der Waals surface area contributed by atoms with Crippen molar-refractivity contribution in [2.75, 3.05) is 0 Å². The van der Waals surface area contributed by atoms with Crippen molar-refractivity contribution in [3.8, 4) is 0 Å². The molecule has 1 saturated carbocycles. The Kier molecular flexibility index (Phi) is 4.99. The topological polar surface area (TPSA) is 58.2 Å². The van der Waals surface area contributed by atoms with E-state index in [9.17, 15) is 9.59 Å². The van der Waals surface area contributed by atoms with Gasteiger partial charge in [-0.15, -0.1) is 0 Å². The number of nitrogens with one attached hydrogen (secondary N) is 2. The Labute approximate surface area is 138 Å². The van der Waals surface area contributed by atoms with Crippen LogP contribution in [0, 0.1) is 5.92 Å². The van der Waals surface area contributed by atoms with Crippen LogP contribution in [0.25, 0.3) is 0 Å². The molecule has 2 N–H and O–H groups in total. The first kappa shape index (κ1) is 16.0. The Morgan fingerprint density at radius 3 is 2.61 bits per heavy atom. The molecular formula is C19H26N2O2. The summed E-state index contributed by atoms with van der Waals surface area (Å²) in [5.74, 6) is 0.0490. The standard InChI is InChI=1S/C19H26N2O2/c1-13(20-19(23)15-8-2-3-9-15)18(22)21-17-12-6-10-14-7-4-5-11-16(14)17/h4-5,7,11,13,15,17H,2-3,6,8-10,12H2,1H3,(H,20,23)(H,21,22)/t13-,17+/m0/s1. The molecule has 0 aromatic heterocycles. The molecule has 2 amide bonds. The molecule has 4 heteroatoms. The second-order valence-electron chi connectivity index (χ2n) is 6.86. The lowest BCUT2D eigenvalue weighted by Crippen LogP contribution is -2.47. The minimum absolute atomic E-state index is 0.0363. The SMILES string of the molecule is C[C@H](NC(=O)C1CCCC1)C(=O)N[C@@H]1CCCc2ccccc21. The summed E-state index contributed by atoms with van der Waals surface area (Å²) in [6.45, 7) is 1.77. The summed E-state index contributed by atoms with van der Waals surface area (Å²) < 4.78 is 0. The first-order valence-electron chi connectivity index (χ1n) is 8.83. The van der Waals surface area contributed by atoms with Gasteiger partial charge in [0.2, 0.25) is 11.8 Å². The molecule has 1 aromatic rings. The van der Waals surface area contributed by atoms with Gasteiger partial charge >= 0.3 is 0 Å². The fourth-order valence-corrected chi connectivity index (χ4v) is 3.79. The molecule has 0 radical (unpaired) electrons. The van der Waals surface area contributed by atoms with Crippen molar-refractivity contribution < 1.29 is 9.59 Å². The van der Waals surface area contributed by atoms with E-state index in [1.54, 1.807) is 6.92 Å². The number of benzene rings is 1. The van der Waals surface area contributed by atoms with E-state index in [0.717, 1.165) is 44.9 Å².